The molecule has 1 aromatic rings. The number of carbonyl (C=O) groups is 1. The van der Waals surface area contributed by atoms with E-state index in [1.54, 1.807) is 6.07 Å². The maximum absolute atomic E-state index is 10.7. The maximum atomic E-state index is 10.7. The molecule has 0 atom stereocenters. The van der Waals surface area contributed by atoms with Gasteiger partial charge < -0.3 is 16.2 Å². The van der Waals surface area contributed by atoms with Gasteiger partial charge in [0.2, 0.25) is 0 Å². The molecule has 0 fully saturated rings. The summed E-state index contributed by atoms with van der Waals surface area (Å²) in [6.45, 7) is 3.60. The molecule has 0 aliphatic heterocycles. The molecule has 1 amide bonds. The van der Waals surface area contributed by atoms with Crippen molar-refractivity contribution in [2.75, 3.05) is 11.9 Å². The Labute approximate surface area is 87.5 Å². The summed E-state index contributed by atoms with van der Waals surface area (Å²) in [5.74, 6) is -0.130. The van der Waals surface area contributed by atoms with Crippen LogP contribution in [0.15, 0.2) is 12.1 Å². The summed E-state index contributed by atoms with van der Waals surface area (Å²) < 4.78 is 0. The summed E-state index contributed by atoms with van der Waals surface area (Å²) in [5, 5.41) is 19.4. The van der Waals surface area contributed by atoms with Crippen LogP contribution in [0.5, 0.6) is 0 Å². The molecular weight excluding hydrogens is 196 g/mol. The highest BCUT2D eigenvalue weighted by atomic mass is 16.3. The summed E-state index contributed by atoms with van der Waals surface area (Å²) in [6, 6.07) is 3.07. The number of aromatic nitrogens is 2. The largest absolute Gasteiger partial charge is 0.394 e. The van der Waals surface area contributed by atoms with Crippen molar-refractivity contribution in [1.82, 2.24) is 10.2 Å². The standard InChI is InChI=1S/C9H14N4O2/c1-9(2,5-14)11-7-4-3-6(8(10)15)12-13-7/h3-4,14H,5H2,1-2H3,(H2,10,15)(H,11,13). The number of nitrogens with zero attached hydrogens (tertiary/aromatic N) is 2. The molecule has 15 heavy (non-hydrogen) atoms. The van der Waals surface area contributed by atoms with E-state index in [0.29, 0.717) is 5.82 Å². The lowest BCUT2D eigenvalue weighted by Gasteiger charge is -2.23. The van der Waals surface area contributed by atoms with Crippen molar-refractivity contribution in [2.45, 2.75) is 19.4 Å². The van der Waals surface area contributed by atoms with Crippen LogP contribution in [0, 0.1) is 0 Å². The molecule has 1 heterocycles. The molecule has 0 unspecified atom stereocenters. The van der Waals surface area contributed by atoms with E-state index >= 15 is 0 Å². The van der Waals surface area contributed by atoms with E-state index in [2.05, 4.69) is 15.5 Å². The van der Waals surface area contributed by atoms with E-state index in [9.17, 15) is 4.79 Å². The zero-order valence-corrected chi connectivity index (χ0v) is 8.69. The molecule has 0 aromatic carbocycles. The molecule has 6 heteroatoms. The first kappa shape index (κ1) is 11.4. The lowest BCUT2D eigenvalue weighted by Crippen LogP contribution is -2.35. The Bertz CT molecular complexity index is 348. The third-order valence-electron chi connectivity index (χ3n) is 1.78. The monoisotopic (exact) mass is 210 g/mol. The van der Waals surface area contributed by atoms with Crippen LogP contribution in [0.25, 0.3) is 0 Å². The van der Waals surface area contributed by atoms with Gasteiger partial charge >= 0.3 is 0 Å². The Morgan fingerprint density at radius 2 is 2.20 bits per heavy atom. The molecule has 1 rings (SSSR count). The first-order valence-corrected chi connectivity index (χ1v) is 4.47. The summed E-state index contributed by atoms with van der Waals surface area (Å²) in [6.07, 6.45) is 0. The summed E-state index contributed by atoms with van der Waals surface area (Å²) >= 11 is 0. The molecule has 0 aliphatic carbocycles. The number of anilines is 1. The number of hydrogen-bond donors (Lipinski definition) is 3. The van der Waals surface area contributed by atoms with Crippen LogP contribution in [0.4, 0.5) is 5.82 Å². The quantitative estimate of drug-likeness (QED) is 0.636. The SMILES string of the molecule is CC(C)(CO)Nc1ccc(C(N)=O)nn1. The maximum Gasteiger partial charge on any atom is 0.269 e. The van der Waals surface area contributed by atoms with Gasteiger partial charge in [-0.15, -0.1) is 10.2 Å². The smallest absolute Gasteiger partial charge is 0.269 e. The van der Waals surface area contributed by atoms with Gasteiger partial charge in [0.1, 0.15) is 5.82 Å². The number of aliphatic hydroxyl groups is 1. The van der Waals surface area contributed by atoms with Crippen LogP contribution in [0.1, 0.15) is 24.3 Å². The van der Waals surface area contributed by atoms with Gasteiger partial charge in [-0.2, -0.15) is 0 Å². The third-order valence-corrected chi connectivity index (χ3v) is 1.78. The van der Waals surface area contributed by atoms with Gasteiger partial charge in [0.25, 0.3) is 5.91 Å². The van der Waals surface area contributed by atoms with Crippen LogP contribution >= 0.6 is 0 Å². The zero-order valence-electron chi connectivity index (χ0n) is 8.69. The summed E-state index contributed by atoms with van der Waals surface area (Å²) in [4.78, 5) is 10.7. The lowest BCUT2D eigenvalue weighted by atomic mass is 10.1. The lowest BCUT2D eigenvalue weighted by molar-refractivity contribution is 0.0994. The molecule has 0 aliphatic rings. The molecule has 0 saturated heterocycles. The van der Waals surface area contributed by atoms with Gasteiger partial charge in [-0.25, -0.2) is 0 Å². The Kier molecular flexibility index (Phi) is 3.21. The number of hydrogen-bond acceptors (Lipinski definition) is 5. The van der Waals surface area contributed by atoms with Gasteiger partial charge in [-0.05, 0) is 26.0 Å². The highest BCUT2D eigenvalue weighted by Crippen LogP contribution is 2.10. The van der Waals surface area contributed by atoms with E-state index in [1.807, 2.05) is 13.8 Å². The first-order chi connectivity index (χ1) is 6.94. The predicted molar refractivity (Wildman–Crippen MR) is 55.3 cm³/mol. The van der Waals surface area contributed by atoms with Crippen LogP contribution in [-0.2, 0) is 0 Å². The highest BCUT2D eigenvalue weighted by Gasteiger charge is 2.16. The van der Waals surface area contributed by atoms with Crippen LogP contribution in [-0.4, -0.2) is 33.4 Å². The van der Waals surface area contributed by atoms with Gasteiger partial charge in [0.15, 0.2) is 5.69 Å². The number of carbonyl (C=O) groups excluding carboxylic acids is 1. The normalized spacial score (nSPS) is 11.1. The topological polar surface area (TPSA) is 101 Å². The Hall–Kier alpha value is -1.69. The predicted octanol–water partition coefficient (Wildman–Crippen LogP) is -0.242. The van der Waals surface area contributed by atoms with Crippen LogP contribution in [0.2, 0.25) is 0 Å². The van der Waals surface area contributed by atoms with Crippen molar-refractivity contribution in [3.63, 3.8) is 0 Å². The second-order valence-electron chi connectivity index (χ2n) is 3.84. The second-order valence-corrected chi connectivity index (χ2v) is 3.84. The summed E-state index contributed by atoms with van der Waals surface area (Å²) in [7, 11) is 0. The number of amides is 1. The van der Waals surface area contributed by atoms with Crippen molar-refractivity contribution in [3.05, 3.63) is 17.8 Å². The van der Waals surface area contributed by atoms with Crippen molar-refractivity contribution >= 4 is 11.7 Å². The minimum atomic E-state index is -0.615. The third kappa shape index (κ3) is 3.17. The number of nitrogens with one attached hydrogen (secondary N) is 1. The zero-order chi connectivity index (χ0) is 11.5. The second kappa shape index (κ2) is 4.22. The minimum absolute atomic E-state index is 0.0355. The Morgan fingerprint density at radius 1 is 1.53 bits per heavy atom. The molecule has 1 aromatic heterocycles. The van der Waals surface area contributed by atoms with Gasteiger partial charge in [0.05, 0.1) is 12.1 Å². The molecule has 0 radical (unpaired) electrons. The number of aliphatic hydroxyl groups excluding tert-OH is 1. The molecule has 6 nitrogen and oxygen atoms in total. The average Bonchev–Trinajstić information content (AvgIpc) is 2.18. The van der Waals surface area contributed by atoms with Gasteiger partial charge in [-0.3, -0.25) is 4.79 Å². The minimum Gasteiger partial charge on any atom is -0.394 e. The van der Waals surface area contributed by atoms with Crippen molar-refractivity contribution in [1.29, 1.82) is 0 Å². The molecule has 0 bridgehead atoms. The first-order valence-electron chi connectivity index (χ1n) is 4.47. The molecule has 82 valence electrons. The van der Waals surface area contributed by atoms with Crippen molar-refractivity contribution < 1.29 is 9.90 Å². The van der Waals surface area contributed by atoms with E-state index in [4.69, 9.17) is 10.8 Å². The van der Waals surface area contributed by atoms with Crippen LogP contribution in [0.3, 0.4) is 0 Å². The van der Waals surface area contributed by atoms with Crippen molar-refractivity contribution in [2.24, 2.45) is 5.73 Å². The van der Waals surface area contributed by atoms with E-state index in [0.717, 1.165) is 0 Å². The van der Waals surface area contributed by atoms with Crippen molar-refractivity contribution in [3.8, 4) is 0 Å². The molecule has 0 spiro atoms. The van der Waals surface area contributed by atoms with Gasteiger partial charge in [-0.1, -0.05) is 0 Å². The summed E-state index contributed by atoms with van der Waals surface area (Å²) in [5.41, 5.74) is 4.65. The number of nitrogens with two attached hydrogens (primary N) is 1. The Morgan fingerprint density at radius 3 is 2.60 bits per heavy atom. The van der Waals surface area contributed by atoms with E-state index in [1.165, 1.54) is 6.07 Å². The average molecular weight is 210 g/mol. The van der Waals surface area contributed by atoms with E-state index < -0.39 is 11.4 Å². The Balaban J connectivity index is 2.77. The molecule has 0 saturated carbocycles. The molecule has 4 N–H and O–H groups in total. The molecular formula is C9H14N4O2. The number of rotatable bonds is 4. The fourth-order valence-electron chi connectivity index (χ4n) is 0.917. The fraction of sp³-hybridized carbons (Fsp3) is 0.444. The highest BCUT2D eigenvalue weighted by molar-refractivity contribution is 5.90. The number of primary amides is 1. The van der Waals surface area contributed by atoms with E-state index in [-0.39, 0.29) is 12.3 Å². The van der Waals surface area contributed by atoms with Gasteiger partial charge in [0, 0.05) is 0 Å². The van der Waals surface area contributed by atoms with Crippen LogP contribution < -0.4 is 11.1 Å². The fourth-order valence-corrected chi connectivity index (χ4v) is 0.917.